The Balaban J connectivity index is 3.00. The van der Waals surface area contributed by atoms with Crippen LogP contribution in [-0.4, -0.2) is 16.6 Å². The van der Waals surface area contributed by atoms with E-state index in [-0.39, 0.29) is 5.92 Å². The Kier molecular flexibility index (Phi) is 3.64. The Morgan fingerprint density at radius 2 is 2.21 bits per heavy atom. The third kappa shape index (κ3) is 2.56. The van der Waals surface area contributed by atoms with Crippen molar-refractivity contribution < 1.29 is 4.74 Å². The van der Waals surface area contributed by atoms with Gasteiger partial charge in [-0.15, -0.1) is 0 Å². The highest BCUT2D eigenvalue weighted by Crippen LogP contribution is 2.17. The maximum absolute atomic E-state index is 5.29. The van der Waals surface area contributed by atoms with Crippen LogP contribution in [0.2, 0.25) is 0 Å². The fourth-order valence-electron chi connectivity index (χ4n) is 0.997. The van der Waals surface area contributed by atoms with Gasteiger partial charge in [-0.05, 0) is 6.92 Å². The van der Waals surface area contributed by atoms with Crippen molar-refractivity contribution in [3.05, 3.63) is 11.9 Å². The van der Waals surface area contributed by atoms with Crippen LogP contribution in [0.15, 0.2) is 6.07 Å². The molecule has 0 spiro atoms. The molecule has 5 nitrogen and oxygen atoms in total. The molecule has 1 aromatic heterocycles. The van der Waals surface area contributed by atoms with Gasteiger partial charge in [0.25, 0.3) is 0 Å². The first-order chi connectivity index (χ1) is 6.67. The average molecular weight is 196 g/mol. The van der Waals surface area contributed by atoms with Crippen molar-refractivity contribution in [3.63, 3.8) is 0 Å². The molecule has 0 atom stereocenters. The zero-order chi connectivity index (χ0) is 10.6. The van der Waals surface area contributed by atoms with Crippen LogP contribution in [0.1, 0.15) is 32.5 Å². The molecule has 14 heavy (non-hydrogen) atoms. The molecule has 0 aliphatic rings. The number of rotatable bonds is 4. The van der Waals surface area contributed by atoms with Crippen LogP contribution in [0.3, 0.4) is 0 Å². The van der Waals surface area contributed by atoms with Gasteiger partial charge < -0.3 is 10.2 Å². The molecule has 0 bridgehead atoms. The highest BCUT2D eigenvalue weighted by molar-refractivity contribution is 5.37. The van der Waals surface area contributed by atoms with E-state index in [1.165, 1.54) is 0 Å². The number of nitrogens with two attached hydrogens (primary N) is 1. The van der Waals surface area contributed by atoms with Crippen LogP contribution in [0, 0.1) is 0 Å². The molecule has 0 amide bonds. The quantitative estimate of drug-likeness (QED) is 0.560. The summed E-state index contributed by atoms with van der Waals surface area (Å²) in [4.78, 5) is 8.45. The Morgan fingerprint density at radius 3 is 2.71 bits per heavy atom. The molecular weight excluding hydrogens is 180 g/mol. The molecule has 0 radical (unpaired) electrons. The number of anilines is 1. The van der Waals surface area contributed by atoms with E-state index in [9.17, 15) is 0 Å². The van der Waals surface area contributed by atoms with Gasteiger partial charge in [0.15, 0.2) is 0 Å². The largest absolute Gasteiger partial charge is 0.478 e. The number of hydrazine groups is 1. The SMILES string of the molecule is CCOc1cc(NN)nc(C(C)C)n1. The molecule has 0 unspecified atom stereocenters. The van der Waals surface area contributed by atoms with Gasteiger partial charge in [-0.1, -0.05) is 13.8 Å². The second kappa shape index (κ2) is 4.76. The molecule has 1 heterocycles. The van der Waals surface area contributed by atoms with Crippen LogP contribution >= 0.6 is 0 Å². The lowest BCUT2D eigenvalue weighted by molar-refractivity contribution is 0.324. The van der Waals surface area contributed by atoms with Gasteiger partial charge in [-0.3, -0.25) is 0 Å². The number of ether oxygens (including phenoxy) is 1. The number of hydrogen-bond acceptors (Lipinski definition) is 5. The lowest BCUT2D eigenvalue weighted by Gasteiger charge is -2.09. The Bertz CT molecular complexity index is 301. The summed E-state index contributed by atoms with van der Waals surface area (Å²) in [6, 6.07) is 1.68. The summed E-state index contributed by atoms with van der Waals surface area (Å²) in [7, 11) is 0. The van der Waals surface area contributed by atoms with Gasteiger partial charge in [0.05, 0.1) is 6.61 Å². The molecular formula is C9H16N4O. The number of aromatic nitrogens is 2. The van der Waals surface area contributed by atoms with E-state index in [1.54, 1.807) is 6.07 Å². The van der Waals surface area contributed by atoms with Crippen LogP contribution in [0.4, 0.5) is 5.82 Å². The molecule has 0 aliphatic heterocycles. The fourth-order valence-corrected chi connectivity index (χ4v) is 0.997. The number of nitrogens with zero attached hydrogens (tertiary/aromatic N) is 2. The van der Waals surface area contributed by atoms with Gasteiger partial charge in [-0.25, -0.2) is 10.8 Å². The minimum Gasteiger partial charge on any atom is -0.478 e. The van der Waals surface area contributed by atoms with E-state index in [0.717, 1.165) is 5.82 Å². The van der Waals surface area contributed by atoms with Crippen LogP contribution < -0.4 is 16.0 Å². The standard InChI is InChI=1S/C9H16N4O/c1-4-14-8-5-7(13-10)11-9(12-8)6(2)3/h5-6H,4,10H2,1-3H3,(H,11,12,13). The first-order valence-corrected chi connectivity index (χ1v) is 4.65. The van der Waals surface area contributed by atoms with Gasteiger partial charge in [0, 0.05) is 12.0 Å². The smallest absolute Gasteiger partial charge is 0.218 e. The molecule has 78 valence electrons. The van der Waals surface area contributed by atoms with Gasteiger partial charge in [-0.2, -0.15) is 4.98 Å². The molecule has 0 saturated carbocycles. The molecule has 0 aromatic carbocycles. The first kappa shape index (κ1) is 10.7. The highest BCUT2D eigenvalue weighted by Gasteiger charge is 2.07. The summed E-state index contributed by atoms with van der Waals surface area (Å²) in [5.74, 6) is 7.40. The number of nitrogens with one attached hydrogen (secondary N) is 1. The summed E-state index contributed by atoms with van der Waals surface area (Å²) < 4.78 is 5.29. The lowest BCUT2D eigenvalue weighted by Crippen LogP contribution is -2.11. The fraction of sp³-hybridized carbons (Fsp3) is 0.556. The second-order valence-electron chi connectivity index (χ2n) is 3.18. The monoisotopic (exact) mass is 196 g/mol. The van der Waals surface area contributed by atoms with Gasteiger partial charge in [0.1, 0.15) is 11.6 Å². The Labute approximate surface area is 83.7 Å². The summed E-state index contributed by atoms with van der Waals surface area (Å²) >= 11 is 0. The molecule has 1 rings (SSSR count). The van der Waals surface area contributed by atoms with E-state index in [2.05, 4.69) is 15.4 Å². The van der Waals surface area contributed by atoms with Crippen LogP contribution in [0.5, 0.6) is 5.88 Å². The van der Waals surface area contributed by atoms with Crippen molar-refractivity contribution >= 4 is 5.82 Å². The van der Waals surface area contributed by atoms with E-state index >= 15 is 0 Å². The molecule has 0 aliphatic carbocycles. The molecule has 0 saturated heterocycles. The minimum absolute atomic E-state index is 0.252. The van der Waals surface area contributed by atoms with Crippen molar-refractivity contribution in [2.24, 2.45) is 5.84 Å². The van der Waals surface area contributed by atoms with Gasteiger partial charge >= 0.3 is 0 Å². The molecule has 1 aromatic rings. The van der Waals surface area contributed by atoms with E-state index < -0.39 is 0 Å². The normalized spacial score (nSPS) is 10.4. The van der Waals surface area contributed by atoms with E-state index in [1.807, 2.05) is 20.8 Å². The maximum Gasteiger partial charge on any atom is 0.218 e. The predicted molar refractivity (Wildman–Crippen MR) is 55.1 cm³/mol. The summed E-state index contributed by atoms with van der Waals surface area (Å²) in [6.45, 7) is 6.53. The van der Waals surface area contributed by atoms with E-state index in [4.69, 9.17) is 10.6 Å². The van der Waals surface area contributed by atoms with E-state index in [0.29, 0.717) is 18.3 Å². The molecule has 0 fully saturated rings. The third-order valence-corrected chi connectivity index (χ3v) is 1.68. The van der Waals surface area contributed by atoms with Crippen molar-refractivity contribution in [2.45, 2.75) is 26.7 Å². The topological polar surface area (TPSA) is 73.1 Å². The lowest BCUT2D eigenvalue weighted by atomic mass is 10.2. The second-order valence-corrected chi connectivity index (χ2v) is 3.18. The molecule has 5 heteroatoms. The van der Waals surface area contributed by atoms with Crippen molar-refractivity contribution in [3.8, 4) is 5.88 Å². The first-order valence-electron chi connectivity index (χ1n) is 4.65. The maximum atomic E-state index is 5.29. The number of hydrogen-bond donors (Lipinski definition) is 2. The highest BCUT2D eigenvalue weighted by atomic mass is 16.5. The summed E-state index contributed by atoms with van der Waals surface area (Å²) in [5, 5.41) is 0. The summed E-state index contributed by atoms with van der Waals surface area (Å²) in [5.41, 5.74) is 2.49. The average Bonchev–Trinajstić information content (AvgIpc) is 2.17. The van der Waals surface area contributed by atoms with Crippen LogP contribution in [-0.2, 0) is 0 Å². The zero-order valence-corrected chi connectivity index (χ0v) is 8.74. The van der Waals surface area contributed by atoms with Crippen molar-refractivity contribution in [2.75, 3.05) is 12.0 Å². The van der Waals surface area contributed by atoms with Crippen molar-refractivity contribution in [1.29, 1.82) is 0 Å². The molecule has 3 N–H and O–H groups in total. The Hall–Kier alpha value is -1.36. The predicted octanol–water partition coefficient (Wildman–Crippen LogP) is 1.28. The Morgan fingerprint density at radius 1 is 1.50 bits per heavy atom. The van der Waals surface area contributed by atoms with Crippen molar-refractivity contribution in [1.82, 2.24) is 9.97 Å². The van der Waals surface area contributed by atoms with Crippen LogP contribution in [0.25, 0.3) is 0 Å². The zero-order valence-electron chi connectivity index (χ0n) is 8.74. The minimum atomic E-state index is 0.252. The number of nitrogen functional groups attached to an aromatic ring is 1. The third-order valence-electron chi connectivity index (χ3n) is 1.68. The van der Waals surface area contributed by atoms with Gasteiger partial charge in [0.2, 0.25) is 5.88 Å². The summed E-state index contributed by atoms with van der Waals surface area (Å²) in [6.07, 6.45) is 0.